The number of carboxylic acids is 1. The van der Waals surface area contributed by atoms with Crippen LogP contribution in [-0.2, 0) is 14.4 Å². The van der Waals surface area contributed by atoms with Crippen molar-refractivity contribution >= 4 is 17.8 Å². The second-order valence-electron chi connectivity index (χ2n) is 2.43. The number of aliphatic carboxylic acids is 1. The maximum Gasteiger partial charge on any atom is 0.341 e. The molecule has 2 amide bonds. The number of amides is 2. The standard InChI is InChI=1S/C8H7NO4/c1-2-3-4-5(8(12)13)7(11)9-6(4)10/h2H,1,3H2,(H,12,13)(H,9,10,11). The van der Waals surface area contributed by atoms with Gasteiger partial charge in [0.05, 0.1) is 0 Å². The summed E-state index contributed by atoms with van der Waals surface area (Å²) < 4.78 is 0. The highest BCUT2D eigenvalue weighted by Crippen LogP contribution is 2.16. The Hall–Kier alpha value is -1.91. The SMILES string of the molecule is C=CCC1=C(C(=O)O)C(=O)NC1=O. The molecule has 1 aliphatic heterocycles. The third-order valence-electron chi connectivity index (χ3n) is 1.59. The molecular weight excluding hydrogens is 174 g/mol. The Morgan fingerprint density at radius 1 is 1.46 bits per heavy atom. The highest BCUT2D eigenvalue weighted by atomic mass is 16.4. The number of carbonyl (C=O) groups excluding carboxylic acids is 2. The topological polar surface area (TPSA) is 83.5 Å². The molecule has 68 valence electrons. The normalized spacial score (nSPS) is 16.0. The minimum Gasteiger partial charge on any atom is -0.477 e. The zero-order valence-electron chi connectivity index (χ0n) is 6.66. The largest absolute Gasteiger partial charge is 0.477 e. The fraction of sp³-hybridized carbons (Fsp3) is 0.125. The van der Waals surface area contributed by atoms with Crippen LogP contribution < -0.4 is 5.32 Å². The predicted molar refractivity (Wildman–Crippen MR) is 42.6 cm³/mol. The van der Waals surface area contributed by atoms with E-state index in [1.54, 1.807) is 0 Å². The highest BCUT2D eigenvalue weighted by Gasteiger charge is 2.33. The summed E-state index contributed by atoms with van der Waals surface area (Å²) in [4.78, 5) is 32.4. The second-order valence-corrected chi connectivity index (χ2v) is 2.43. The van der Waals surface area contributed by atoms with Gasteiger partial charge >= 0.3 is 5.97 Å². The first-order chi connectivity index (χ1) is 6.07. The van der Waals surface area contributed by atoms with Gasteiger partial charge in [0.2, 0.25) is 0 Å². The van der Waals surface area contributed by atoms with Gasteiger partial charge in [-0.25, -0.2) is 4.79 Å². The van der Waals surface area contributed by atoms with Crippen LogP contribution in [0.25, 0.3) is 0 Å². The van der Waals surface area contributed by atoms with E-state index in [9.17, 15) is 14.4 Å². The maximum absolute atomic E-state index is 11.0. The van der Waals surface area contributed by atoms with Crippen LogP contribution in [0.15, 0.2) is 23.8 Å². The van der Waals surface area contributed by atoms with E-state index in [1.165, 1.54) is 6.08 Å². The third-order valence-corrected chi connectivity index (χ3v) is 1.59. The van der Waals surface area contributed by atoms with Crippen LogP contribution in [0, 0.1) is 0 Å². The summed E-state index contributed by atoms with van der Waals surface area (Å²) >= 11 is 0. The number of allylic oxidation sites excluding steroid dienone is 1. The molecule has 0 aromatic carbocycles. The van der Waals surface area contributed by atoms with Gasteiger partial charge in [0.1, 0.15) is 5.57 Å². The van der Waals surface area contributed by atoms with E-state index in [2.05, 4.69) is 6.58 Å². The van der Waals surface area contributed by atoms with E-state index in [-0.39, 0.29) is 12.0 Å². The fourth-order valence-electron chi connectivity index (χ4n) is 1.06. The molecule has 13 heavy (non-hydrogen) atoms. The number of carbonyl (C=O) groups is 3. The molecule has 1 rings (SSSR count). The zero-order chi connectivity index (χ0) is 10.0. The van der Waals surface area contributed by atoms with E-state index in [4.69, 9.17) is 5.11 Å². The van der Waals surface area contributed by atoms with Crippen LogP contribution in [0.1, 0.15) is 6.42 Å². The first-order valence-corrected chi connectivity index (χ1v) is 3.51. The molecule has 0 bridgehead atoms. The van der Waals surface area contributed by atoms with Crippen LogP contribution in [-0.4, -0.2) is 22.9 Å². The van der Waals surface area contributed by atoms with E-state index in [1.807, 2.05) is 5.32 Å². The highest BCUT2D eigenvalue weighted by molar-refractivity contribution is 6.30. The lowest BCUT2D eigenvalue weighted by molar-refractivity contribution is -0.134. The molecule has 0 radical (unpaired) electrons. The van der Waals surface area contributed by atoms with Crippen molar-refractivity contribution in [1.29, 1.82) is 0 Å². The van der Waals surface area contributed by atoms with Crippen LogP contribution in [0.5, 0.6) is 0 Å². The Kier molecular flexibility index (Phi) is 2.27. The van der Waals surface area contributed by atoms with Gasteiger partial charge in [-0.1, -0.05) is 6.08 Å². The van der Waals surface area contributed by atoms with Crippen LogP contribution >= 0.6 is 0 Å². The van der Waals surface area contributed by atoms with Crippen LogP contribution in [0.4, 0.5) is 0 Å². The summed E-state index contributed by atoms with van der Waals surface area (Å²) in [5.74, 6) is -2.89. The first-order valence-electron chi connectivity index (χ1n) is 3.51. The molecule has 1 heterocycles. The molecule has 0 saturated carbocycles. The Bertz CT molecular complexity index is 340. The molecule has 0 atom stereocenters. The first kappa shape index (κ1) is 9.18. The van der Waals surface area contributed by atoms with Crippen LogP contribution in [0.2, 0.25) is 0 Å². The molecule has 0 spiro atoms. The van der Waals surface area contributed by atoms with Crippen molar-refractivity contribution in [3.63, 3.8) is 0 Å². The van der Waals surface area contributed by atoms with E-state index < -0.39 is 23.4 Å². The minimum absolute atomic E-state index is 0.0347. The number of rotatable bonds is 3. The van der Waals surface area contributed by atoms with Crippen molar-refractivity contribution in [2.24, 2.45) is 0 Å². The quantitative estimate of drug-likeness (QED) is 0.352. The number of carboxylic acid groups (broad SMARTS) is 1. The summed E-state index contributed by atoms with van der Waals surface area (Å²) in [5.41, 5.74) is -0.516. The van der Waals surface area contributed by atoms with Gasteiger partial charge in [-0.15, -0.1) is 6.58 Å². The van der Waals surface area contributed by atoms with Gasteiger partial charge in [0.25, 0.3) is 11.8 Å². The maximum atomic E-state index is 11.0. The molecule has 1 aliphatic rings. The summed E-state index contributed by atoms with van der Waals surface area (Å²) in [6.07, 6.45) is 1.45. The van der Waals surface area contributed by atoms with E-state index in [0.717, 1.165) is 0 Å². The van der Waals surface area contributed by atoms with Gasteiger partial charge in [-0.3, -0.25) is 14.9 Å². The van der Waals surface area contributed by atoms with Crippen molar-refractivity contribution < 1.29 is 19.5 Å². The number of hydrogen-bond donors (Lipinski definition) is 2. The molecule has 2 N–H and O–H groups in total. The molecule has 0 aromatic rings. The summed E-state index contributed by atoms with van der Waals surface area (Å²) in [6, 6.07) is 0. The molecule has 0 saturated heterocycles. The molecule has 5 heteroatoms. The van der Waals surface area contributed by atoms with Crippen molar-refractivity contribution in [3.05, 3.63) is 23.8 Å². The van der Waals surface area contributed by atoms with Crippen molar-refractivity contribution in [3.8, 4) is 0 Å². The smallest absolute Gasteiger partial charge is 0.341 e. The monoisotopic (exact) mass is 181 g/mol. The van der Waals surface area contributed by atoms with E-state index in [0.29, 0.717) is 0 Å². The predicted octanol–water partition coefficient (Wildman–Crippen LogP) is -0.400. The van der Waals surface area contributed by atoms with E-state index >= 15 is 0 Å². The number of hydrogen-bond acceptors (Lipinski definition) is 3. The third kappa shape index (κ3) is 1.48. The Morgan fingerprint density at radius 3 is 2.54 bits per heavy atom. The van der Waals surface area contributed by atoms with Gasteiger partial charge in [-0.05, 0) is 6.42 Å². The fourth-order valence-corrected chi connectivity index (χ4v) is 1.06. The molecule has 0 fully saturated rings. The molecule has 0 unspecified atom stereocenters. The summed E-state index contributed by atoms with van der Waals surface area (Å²) in [6.45, 7) is 3.36. The lowest BCUT2D eigenvalue weighted by Gasteiger charge is -1.93. The van der Waals surface area contributed by atoms with Crippen LogP contribution in [0.3, 0.4) is 0 Å². The summed E-state index contributed by atoms with van der Waals surface area (Å²) in [5, 5.41) is 10.5. The van der Waals surface area contributed by atoms with Crippen molar-refractivity contribution in [2.75, 3.05) is 0 Å². The number of imide groups is 1. The lowest BCUT2D eigenvalue weighted by atomic mass is 10.1. The molecule has 5 nitrogen and oxygen atoms in total. The lowest BCUT2D eigenvalue weighted by Crippen LogP contribution is -2.24. The number of nitrogens with one attached hydrogen (secondary N) is 1. The van der Waals surface area contributed by atoms with Gasteiger partial charge in [-0.2, -0.15) is 0 Å². The Morgan fingerprint density at radius 2 is 2.08 bits per heavy atom. The van der Waals surface area contributed by atoms with Gasteiger partial charge < -0.3 is 5.11 Å². The molecular formula is C8H7NO4. The second kappa shape index (κ2) is 3.22. The Balaban J connectivity index is 3.17. The Labute approximate surface area is 73.7 Å². The van der Waals surface area contributed by atoms with Gasteiger partial charge in [0.15, 0.2) is 0 Å². The van der Waals surface area contributed by atoms with Gasteiger partial charge in [0, 0.05) is 5.57 Å². The molecule has 0 aromatic heterocycles. The molecule has 0 aliphatic carbocycles. The minimum atomic E-state index is -1.39. The summed E-state index contributed by atoms with van der Waals surface area (Å²) in [7, 11) is 0. The van der Waals surface area contributed by atoms with Crippen molar-refractivity contribution in [2.45, 2.75) is 6.42 Å². The average molecular weight is 181 g/mol. The zero-order valence-corrected chi connectivity index (χ0v) is 6.66. The van der Waals surface area contributed by atoms with Crippen molar-refractivity contribution in [1.82, 2.24) is 5.32 Å². The average Bonchev–Trinajstić information content (AvgIpc) is 2.27.